The van der Waals surface area contributed by atoms with Gasteiger partial charge in [-0.05, 0) is 24.1 Å². The van der Waals surface area contributed by atoms with Gasteiger partial charge in [-0.25, -0.2) is 4.79 Å². The number of aliphatic hydroxyl groups is 3. The summed E-state index contributed by atoms with van der Waals surface area (Å²) in [7, 11) is 0. The van der Waals surface area contributed by atoms with E-state index in [4.69, 9.17) is 16.3 Å². The first kappa shape index (κ1) is 18.8. The minimum Gasteiger partial charge on any atom is -0.394 e. The van der Waals surface area contributed by atoms with Crippen LogP contribution in [-0.2, 0) is 17.7 Å². The van der Waals surface area contributed by atoms with Crippen LogP contribution in [0.5, 0.6) is 0 Å². The van der Waals surface area contributed by atoms with E-state index in [1.54, 1.807) is 18.2 Å². The van der Waals surface area contributed by atoms with Crippen molar-refractivity contribution in [2.24, 2.45) is 0 Å². The van der Waals surface area contributed by atoms with Gasteiger partial charge in [-0.2, -0.15) is 0 Å². The average Bonchev–Trinajstić information content (AvgIpc) is 2.90. The molecule has 0 amide bonds. The fourth-order valence-electron chi connectivity index (χ4n) is 2.97. The van der Waals surface area contributed by atoms with Gasteiger partial charge in [0.05, 0.1) is 6.61 Å². The zero-order chi connectivity index (χ0) is 18.8. The normalized spacial score (nSPS) is 25.5. The van der Waals surface area contributed by atoms with E-state index < -0.39 is 42.4 Å². The molecule has 0 aliphatic carbocycles. The van der Waals surface area contributed by atoms with Gasteiger partial charge >= 0.3 is 5.69 Å². The molecular weight excluding hydrogens is 364 g/mol. The molecule has 2 heterocycles. The Kier molecular flexibility index (Phi) is 5.59. The Morgan fingerprint density at radius 2 is 1.92 bits per heavy atom. The molecule has 26 heavy (non-hydrogen) atoms. The van der Waals surface area contributed by atoms with Gasteiger partial charge in [0.25, 0.3) is 5.56 Å². The van der Waals surface area contributed by atoms with E-state index in [9.17, 15) is 24.9 Å². The molecule has 9 heteroatoms. The average molecular weight is 383 g/mol. The summed E-state index contributed by atoms with van der Waals surface area (Å²) < 4.78 is 7.42. The predicted molar refractivity (Wildman–Crippen MR) is 93.1 cm³/mol. The van der Waals surface area contributed by atoms with Gasteiger partial charge in [0, 0.05) is 23.8 Å². The van der Waals surface area contributed by atoms with Crippen molar-refractivity contribution in [1.29, 1.82) is 0 Å². The summed E-state index contributed by atoms with van der Waals surface area (Å²) in [6.45, 7) is -0.383. The maximum atomic E-state index is 12.7. The van der Waals surface area contributed by atoms with E-state index in [1.165, 1.54) is 12.3 Å². The Labute approximate surface area is 153 Å². The molecule has 8 nitrogen and oxygen atoms in total. The van der Waals surface area contributed by atoms with Crippen molar-refractivity contribution in [1.82, 2.24) is 9.13 Å². The molecule has 0 radical (unpaired) electrons. The summed E-state index contributed by atoms with van der Waals surface area (Å²) in [5.74, 6) is 0. The molecule has 2 aromatic rings. The first-order valence-corrected chi connectivity index (χ1v) is 8.49. The van der Waals surface area contributed by atoms with Gasteiger partial charge < -0.3 is 20.1 Å². The van der Waals surface area contributed by atoms with Crippen LogP contribution in [-0.4, -0.2) is 49.4 Å². The monoisotopic (exact) mass is 382 g/mol. The molecule has 1 aromatic carbocycles. The van der Waals surface area contributed by atoms with E-state index in [1.807, 2.05) is 6.07 Å². The van der Waals surface area contributed by atoms with Gasteiger partial charge in [0.15, 0.2) is 6.23 Å². The van der Waals surface area contributed by atoms with E-state index in [0.29, 0.717) is 11.4 Å². The Balaban J connectivity index is 1.87. The standard InChI is InChI=1S/C17H19ClN2O6/c18-11-3-1-2-10(8-11)4-6-19-13(22)5-7-20(17(19)25)16-15(24)14(23)12(9-21)26-16/h1-3,5,7-8,12,14-16,21,23-24H,4,6,9H2/t12-,14-,15-,16-/m1/s1. The summed E-state index contributed by atoms with van der Waals surface area (Å²) >= 11 is 5.93. The molecular formula is C17H19ClN2O6. The number of aliphatic hydroxyl groups excluding tert-OH is 3. The Morgan fingerprint density at radius 3 is 2.58 bits per heavy atom. The topological polar surface area (TPSA) is 114 Å². The lowest BCUT2D eigenvalue weighted by Gasteiger charge is -2.18. The highest BCUT2D eigenvalue weighted by molar-refractivity contribution is 6.30. The third kappa shape index (κ3) is 3.60. The van der Waals surface area contributed by atoms with Crippen molar-refractivity contribution in [2.75, 3.05) is 6.61 Å². The molecule has 140 valence electrons. The number of rotatable bonds is 5. The second-order valence-electron chi connectivity index (χ2n) is 6.10. The molecule has 0 unspecified atom stereocenters. The highest BCUT2D eigenvalue weighted by atomic mass is 35.5. The zero-order valence-electron chi connectivity index (χ0n) is 13.7. The fourth-order valence-corrected chi connectivity index (χ4v) is 3.19. The van der Waals surface area contributed by atoms with E-state index in [2.05, 4.69) is 0 Å². The van der Waals surface area contributed by atoms with Crippen LogP contribution in [0.4, 0.5) is 0 Å². The summed E-state index contributed by atoms with van der Waals surface area (Å²) in [6.07, 6.45) is -3.30. The first-order valence-electron chi connectivity index (χ1n) is 8.11. The summed E-state index contributed by atoms with van der Waals surface area (Å²) in [6, 6.07) is 8.29. The Bertz CT molecular complexity index is 895. The number of nitrogens with zero attached hydrogens (tertiary/aromatic N) is 2. The Morgan fingerprint density at radius 1 is 1.15 bits per heavy atom. The predicted octanol–water partition coefficient (Wildman–Crippen LogP) is -0.482. The molecule has 4 atom stereocenters. The number of hydrogen-bond acceptors (Lipinski definition) is 6. The number of ether oxygens (including phenoxy) is 1. The van der Waals surface area contributed by atoms with Gasteiger partial charge in [-0.3, -0.25) is 13.9 Å². The van der Waals surface area contributed by atoms with Crippen molar-refractivity contribution >= 4 is 11.6 Å². The number of hydrogen-bond donors (Lipinski definition) is 3. The van der Waals surface area contributed by atoms with Crippen molar-refractivity contribution in [2.45, 2.75) is 37.5 Å². The lowest BCUT2D eigenvalue weighted by atomic mass is 10.1. The number of benzene rings is 1. The van der Waals surface area contributed by atoms with E-state index in [-0.39, 0.29) is 6.54 Å². The van der Waals surface area contributed by atoms with Crippen LogP contribution in [0.25, 0.3) is 0 Å². The minimum atomic E-state index is -1.40. The second-order valence-corrected chi connectivity index (χ2v) is 6.54. The smallest absolute Gasteiger partial charge is 0.333 e. The second kappa shape index (κ2) is 7.73. The number of aromatic nitrogens is 2. The van der Waals surface area contributed by atoms with Crippen molar-refractivity contribution in [3.63, 3.8) is 0 Å². The number of halogens is 1. The van der Waals surface area contributed by atoms with Gasteiger partial charge in [0.1, 0.15) is 18.3 Å². The molecule has 1 aliphatic rings. The molecule has 0 spiro atoms. The maximum Gasteiger partial charge on any atom is 0.333 e. The molecule has 1 saturated heterocycles. The minimum absolute atomic E-state index is 0.119. The molecule has 0 saturated carbocycles. The SMILES string of the molecule is O=c1ccn([C@@H]2O[C@H](CO)[C@@H](O)[C@H]2O)c(=O)n1CCc1cccc(Cl)c1. The van der Waals surface area contributed by atoms with Crippen LogP contribution >= 0.6 is 11.6 Å². The van der Waals surface area contributed by atoms with Gasteiger partial charge in [0.2, 0.25) is 0 Å². The largest absolute Gasteiger partial charge is 0.394 e. The van der Waals surface area contributed by atoms with Gasteiger partial charge in [-0.1, -0.05) is 23.7 Å². The third-order valence-corrected chi connectivity index (χ3v) is 4.64. The molecule has 0 bridgehead atoms. The van der Waals surface area contributed by atoms with Crippen LogP contribution in [0.15, 0.2) is 46.1 Å². The lowest BCUT2D eigenvalue weighted by molar-refractivity contribution is -0.0556. The van der Waals surface area contributed by atoms with Gasteiger partial charge in [-0.15, -0.1) is 0 Å². The maximum absolute atomic E-state index is 12.7. The quantitative estimate of drug-likeness (QED) is 0.643. The van der Waals surface area contributed by atoms with Crippen molar-refractivity contribution < 1.29 is 20.1 Å². The van der Waals surface area contributed by atoms with Crippen molar-refractivity contribution in [3.8, 4) is 0 Å². The fraction of sp³-hybridized carbons (Fsp3) is 0.412. The molecule has 1 aliphatic heterocycles. The number of aryl methyl sites for hydroxylation is 1. The summed E-state index contributed by atoms with van der Waals surface area (Å²) in [4.78, 5) is 24.8. The first-order chi connectivity index (χ1) is 12.4. The molecule has 1 fully saturated rings. The van der Waals surface area contributed by atoms with E-state index >= 15 is 0 Å². The highest BCUT2D eigenvalue weighted by Crippen LogP contribution is 2.27. The lowest BCUT2D eigenvalue weighted by Crippen LogP contribution is -2.43. The van der Waals surface area contributed by atoms with Crippen LogP contribution in [0.3, 0.4) is 0 Å². The third-order valence-electron chi connectivity index (χ3n) is 4.40. The molecule has 3 rings (SSSR count). The Hall–Kier alpha value is -1.97. The van der Waals surface area contributed by atoms with Crippen LogP contribution in [0, 0.1) is 0 Å². The zero-order valence-corrected chi connectivity index (χ0v) is 14.5. The molecule has 1 aromatic heterocycles. The molecule has 3 N–H and O–H groups in total. The summed E-state index contributed by atoms with van der Waals surface area (Å²) in [5, 5.41) is 29.7. The highest BCUT2D eigenvalue weighted by Gasteiger charge is 2.43. The van der Waals surface area contributed by atoms with Crippen LogP contribution in [0.1, 0.15) is 11.8 Å². The van der Waals surface area contributed by atoms with Crippen molar-refractivity contribution in [3.05, 3.63) is 68.0 Å². The van der Waals surface area contributed by atoms with Crippen LogP contribution in [0.2, 0.25) is 5.02 Å². The van der Waals surface area contributed by atoms with E-state index in [0.717, 1.165) is 14.7 Å². The van der Waals surface area contributed by atoms with Crippen LogP contribution < -0.4 is 11.2 Å². The summed E-state index contributed by atoms with van der Waals surface area (Å²) in [5.41, 5.74) is -0.290.